The van der Waals surface area contributed by atoms with E-state index in [1.165, 1.54) is 0 Å². The van der Waals surface area contributed by atoms with E-state index in [0.717, 1.165) is 5.56 Å². The number of hydrazine groups is 1. The quantitative estimate of drug-likeness (QED) is 0.449. The number of carbonyl (C=O) groups excluding carboxylic acids is 1. The highest BCUT2D eigenvalue weighted by molar-refractivity contribution is 5.82. The maximum atomic E-state index is 12.5. The van der Waals surface area contributed by atoms with Crippen molar-refractivity contribution >= 4 is 5.91 Å². The van der Waals surface area contributed by atoms with Crippen LogP contribution in [0.4, 0.5) is 0 Å². The second-order valence-electron chi connectivity index (χ2n) is 6.37. The lowest BCUT2D eigenvalue weighted by Gasteiger charge is -2.24. The van der Waals surface area contributed by atoms with Crippen LogP contribution in [0.1, 0.15) is 29.7 Å². The molecule has 3 rings (SSSR count). The molecule has 138 valence electrons. The zero-order valence-corrected chi connectivity index (χ0v) is 14.2. The van der Waals surface area contributed by atoms with Gasteiger partial charge in [0.15, 0.2) is 0 Å². The highest BCUT2D eigenvalue weighted by Gasteiger charge is 2.32. The number of aliphatic hydroxyl groups excluding tert-OH is 2. The first-order chi connectivity index (χ1) is 12.6. The molecule has 1 heterocycles. The van der Waals surface area contributed by atoms with Crippen molar-refractivity contribution < 1.29 is 20.1 Å². The summed E-state index contributed by atoms with van der Waals surface area (Å²) in [4.78, 5) is 12.5. The van der Waals surface area contributed by atoms with Crippen LogP contribution in [0.3, 0.4) is 0 Å². The Morgan fingerprint density at radius 3 is 2.46 bits per heavy atom. The van der Waals surface area contributed by atoms with Crippen molar-refractivity contribution in [1.29, 1.82) is 0 Å². The van der Waals surface area contributed by atoms with Gasteiger partial charge < -0.3 is 20.6 Å². The topological polar surface area (TPSA) is 114 Å². The SMILES string of the molecule is O=C(N[C@@H](CO)[C@@H](O)c1ccccc1)C1CC(c2ccc(O)cc2)NN1. The summed E-state index contributed by atoms with van der Waals surface area (Å²) >= 11 is 0. The molecule has 1 saturated heterocycles. The number of carbonyl (C=O) groups is 1. The summed E-state index contributed by atoms with van der Waals surface area (Å²) in [5.74, 6) is -0.109. The summed E-state index contributed by atoms with van der Waals surface area (Å²) < 4.78 is 0. The van der Waals surface area contributed by atoms with Crippen LogP contribution in [0.2, 0.25) is 0 Å². The molecule has 7 nitrogen and oxygen atoms in total. The van der Waals surface area contributed by atoms with Crippen LogP contribution in [-0.2, 0) is 4.79 Å². The molecule has 0 bridgehead atoms. The molecule has 2 unspecified atom stereocenters. The number of aromatic hydroxyl groups is 1. The molecule has 0 radical (unpaired) electrons. The molecule has 0 spiro atoms. The highest BCUT2D eigenvalue weighted by Crippen LogP contribution is 2.24. The Bertz CT molecular complexity index is 723. The van der Waals surface area contributed by atoms with E-state index in [-0.39, 0.29) is 24.3 Å². The van der Waals surface area contributed by atoms with E-state index in [1.807, 2.05) is 6.07 Å². The van der Waals surface area contributed by atoms with Crippen molar-refractivity contribution in [3.63, 3.8) is 0 Å². The molecule has 7 heteroatoms. The predicted molar refractivity (Wildman–Crippen MR) is 95.9 cm³/mol. The number of benzene rings is 2. The first-order valence-electron chi connectivity index (χ1n) is 8.52. The Morgan fingerprint density at radius 1 is 1.12 bits per heavy atom. The van der Waals surface area contributed by atoms with Crippen LogP contribution in [0.25, 0.3) is 0 Å². The number of phenols is 1. The van der Waals surface area contributed by atoms with Crippen LogP contribution >= 0.6 is 0 Å². The largest absolute Gasteiger partial charge is 0.508 e. The van der Waals surface area contributed by atoms with Crippen molar-refractivity contribution in [3.05, 3.63) is 65.7 Å². The normalized spacial score (nSPS) is 21.9. The van der Waals surface area contributed by atoms with Gasteiger partial charge in [-0.1, -0.05) is 42.5 Å². The lowest BCUT2D eigenvalue weighted by molar-refractivity contribution is -0.125. The van der Waals surface area contributed by atoms with E-state index in [2.05, 4.69) is 16.2 Å². The van der Waals surface area contributed by atoms with Crippen molar-refractivity contribution in [2.24, 2.45) is 0 Å². The molecule has 2 aromatic carbocycles. The fourth-order valence-electron chi connectivity index (χ4n) is 3.04. The Hall–Kier alpha value is -2.45. The number of rotatable bonds is 6. The molecule has 26 heavy (non-hydrogen) atoms. The third-order valence-corrected chi connectivity index (χ3v) is 4.56. The van der Waals surface area contributed by atoms with Gasteiger partial charge in [0.05, 0.1) is 12.6 Å². The van der Waals surface area contributed by atoms with Crippen molar-refractivity contribution in [3.8, 4) is 5.75 Å². The molecule has 1 fully saturated rings. The second kappa shape index (κ2) is 8.29. The van der Waals surface area contributed by atoms with Crippen LogP contribution in [0.5, 0.6) is 5.75 Å². The van der Waals surface area contributed by atoms with Crippen LogP contribution in [0.15, 0.2) is 54.6 Å². The van der Waals surface area contributed by atoms with E-state index in [1.54, 1.807) is 48.5 Å². The Kier molecular flexibility index (Phi) is 5.85. The summed E-state index contributed by atoms with van der Waals surface area (Å²) in [5, 5.41) is 32.0. The van der Waals surface area contributed by atoms with Gasteiger partial charge in [-0.3, -0.25) is 4.79 Å². The van der Waals surface area contributed by atoms with Gasteiger partial charge in [0.1, 0.15) is 17.9 Å². The second-order valence-corrected chi connectivity index (χ2v) is 6.37. The number of phenolic OH excluding ortho intramolecular Hbond substituents is 1. The fourth-order valence-corrected chi connectivity index (χ4v) is 3.04. The summed E-state index contributed by atoms with van der Waals surface area (Å²) in [6.45, 7) is -0.372. The fraction of sp³-hybridized carbons (Fsp3) is 0.316. The highest BCUT2D eigenvalue weighted by atomic mass is 16.3. The van der Waals surface area contributed by atoms with E-state index in [9.17, 15) is 20.1 Å². The van der Waals surface area contributed by atoms with Gasteiger partial charge >= 0.3 is 0 Å². The van der Waals surface area contributed by atoms with E-state index < -0.39 is 18.2 Å². The molecule has 1 amide bonds. The van der Waals surface area contributed by atoms with Crippen LogP contribution < -0.4 is 16.2 Å². The minimum Gasteiger partial charge on any atom is -0.508 e. The third-order valence-electron chi connectivity index (χ3n) is 4.56. The molecular weight excluding hydrogens is 334 g/mol. The first kappa shape index (κ1) is 18.3. The Labute approximate surface area is 151 Å². The molecule has 0 aromatic heterocycles. The predicted octanol–water partition coefficient (Wildman–Crippen LogP) is 0.510. The van der Waals surface area contributed by atoms with Crippen molar-refractivity contribution in [2.45, 2.75) is 30.7 Å². The summed E-state index contributed by atoms with van der Waals surface area (Å²) in [6, 6.07) is 14.3. The van der Waals surface area contributed by atoms with E-state index in [0.29, 0.717) is 12.0 Å². The maximum absolute atomic E-state index is 12.5. The molecule has 4 atom stereocenters. The Balaban J connectivity index is 1.59. The summed E-state index contributed by atoms with van der Waals surface area (Å²) in [5.41, 5.74) is 7.58. The summed E-state index contributed by atoms with van der Waals surface area (Å²) in [6.07, 6.45) is -0.483. The minimum atomic E-state index is -0.993. The van der Waals surface area contributed by atoms with Crippen LogP contribution in [-0.4, -0.2) is 39.9 Å². The van der Waals surface area contributed by atoms with Gasteiger partial charge in [-0.2, -0.15) is 0 Å². The lowest BCUT2D eigenvalue weighted by atomic mass is 10.00. The molecular formula is C19H23N3O4. The van der Waals surface area contributed by atoms with Crippen LogP contribution in [0, 0.1) is 0 Å². The molecule has 0 aliphatic carbocycles. The lowest BCUT2D eigenvalue weighted by Crippen LogP contribution is -2.50. The van der Waals surface area contributed by atoms with E-state index in [4.69, 9.17) is 0 Å². The average Bonchev–Trinajstić information content (AvgIpc) is 3.17. The molecule has 0 saturated carbocycles. The zero-order valence-electron chi connectivity index (χ0n) is 14.2. The standard InChI is InChI=1S/C19H23N3O4/c23-11-17(18(25)13-4-2-1-3-5-13)20-19(26)16-10-15(21-22-16)12-6-8-14(24)9-7-12/h1-9,15-18,21-25H,10-11H2,(H,20,26)/t15?,16?,17-,18-/m0/s1. The molecule has 1 aliphatic rings. The van der Waals surface area contributed by atoms with Gasteiger partial charge in [0, 0.05) is 6.04 Å². The number of amides is 1. The third kappa shape index (κ3) is 4.20. The van der Waals surface area contributed by atoms with Gasteiger partial charge in [-0.25, -0.2) is 10.9 Å². The molecule has 2 aromatic rings. The van der Waals surface area contributed by atoms with E-state index >= 15 is 0 Å². The minimum absolute atomic E-state index is 0.0713. The smallest absolute Gasteiger partial charge is 0.238 e. The zero-order chi connectivity index (χ0) is 18.5. The molecule has 1 aliphatic heterocycles. The van der Waals surface area contributed by atoms with Gasteiger partial charge in [-0.15, -0.1) is 0 Å². The maximum Gasteiger partial charge on any atom is 0.238 e. The number of hydrogen-bond acceptors (Lipinski definition) is 6. The Morgan fingerprint density at radius 2 is 1.81 bits per heavy atom. The monoisotopic (exact) mass is 357 g/mol. The first-order valence-corrected chi connectivity index (χ1v) is 8.52. The van der Waals surface area contributed by atoms with Gasteiger partial charge in [-0.05, 0) is 29.7 Å². The number of aliphatic hydroxyl groups is 2. The van der Waals surface area contributed by atoms with Crippen molar-refractivity contribution in [1.82, 2.24) is 16.2 Å². The average molecular weight is 357 g/mol. The number of hydrogen-bond donors (Lipinski definition) is 6. The molecule has 6 N–H and O–H groups in total. The number of nitrogens with one attached hydrogen (secondary N) is 3. The van der Waals surface area contributed by atoms with Crippen molar-refractivity contribution in [2.75, 3.05) is 6.61 Å². The van der Waals surface area contributed by atoms with Gasteiger partial charge in [0.25, 0.3) is 0 Å². The summed E-state index contributed by atoms with van der Waals surface area (Å²) in [7, 11) is 0. The van der Waals surface area contributed by atoms with Gasteiger partial charge in [0.2, 0.25) is 5.91 Å².